The smallest absolute Gasteiger partial charge is 0.131 e. The monoisotopic (exact) mass is 265 g/mol. The Morgan fingerprint density at radius 2 is 2.06 bits per heavy atom. The van der Waals surface area contributed by atoms with Crippen molar-refractivity contribution in [3.05, 3.63) is 40.9 Å². The summed E-state index contributed by atoms with van der Waals surface area (Å²) in [7, 11) is 1.78. The van der Waals surface area contributed by atoms with E-state index in [-0.39, 0.29) is 5.82 Å². The first kappa shape index (κ1) is 12.8. The van der Waals surface area contributed by atoms with E-state index in [0.717, 1.165) is 0 Å². The summed E-state index contributed by atoms with van der Waals surface area (Å²) in [6, 6.07) is 5.98. The molecule has 1 aromatic carbocycles. The second kappa shape index (κ2) is 5.31. The lowest BCUT2D eigenvalue weighted by Crippen LogP contribution is -2.01. The number of benzene rings is 1. The Balaban J connectivity index is 2.58. The third-order valence-corrected chi connectivity index (χ3v) is 2.88. The first-order valence-corrected chi connectivity index (χ1v) is 6.03. The van der Waals surface area contributed by atoms with Crippen LogP contribution < -0.4 is 5.32 Å². The molecule has 0 unspecified atom stereocenters. The molecule has 0 bridgehead atoms. The van der Waals surface area contributed by atoms with Crippen LogP contribution in [0.2, 0.25) is 5.02 Å². The highest BCUT2D eigenvalue weighted by atomic mass is 35.5. The molecule has 2 aromatic rings. The predicted molar refractivity (Wildman–Crippen MR) is 71.4 cm³/mol. The lowest BCUT2D eigenvalue weighted by atomic mass is 10.1. The Morgan fingerprint density at radius 1 is 1.28 bits per heavy atom. The Hall–Kier alpha value is -1.68. The third kappa shape index (κ3) is 2.59. The number of aryl methyl sites for hydroxylation is 1. The molecule has 1 N–H and O–H groups in total. The Kier molecular flexibility index (Phi) is 3.77. The minimum atomic E-state index is -0.336. The van der Waals surface area contributed by atoms with Crippen LogP contribution in [0.3, 0.4) is 0 Å². The average Bonchev–Trinajstić information content (AvgIpc) is 2.40. The van der Waals surface area contributed by atoms with Gasteiger partial charge in [-0.1, -0.05) is 18.5 Å². The molecule has 0 amide bonds. The van der Waals surface area contributed by atoms with Gasteiger partial charge in [-0.15, -0.1) is 0 Å². The molecule has 1 heterocycles. The summed E-state index contributed by atoms with van der Waals surface area (Å²) in [6.45, 7) is 1.96. The zero-order chi connectivity index (χ0) is 13.1. The summed E-state index contributed by atoms with van der Waals surface area (Å²) in [5, 5.41) is 3.43. The molecule has 0 fully saturated rings. The molecule has 0 atom stereocenters. The molecular weight excluding hydrogens is 253 g/mol. The maximum Gasteiger partial charge on any atom is 0.131 e. The lowest BCUT2D eigenvalue weighted by molar-refractivity contribution is 0.628. The number of rotatable bonds is 3. The lowest BCUT2D eigenvalue weighted by Gasteiger charge is -2.08. The molecule has 94 valence electrons. The normalized spacial score (nSPS) is 10.4. The number of aromatic nitrogens is 2. The summed E-state index contributed by atoms with van der Waals surface area (Å²) in [6.07, 6.45) is 0.704. The van der Waals surface area contributed by atoms with E-state index in [9.17, 15) is 4.39 Å². The summed E-state index contributed by atoms with van der Waals surface area (Å²) in [5.41, 5.74) is 1.20. The van der Waals surface area contributed by atoms with E-state index >= 15 is 0 Å². The summed E-state index contributed by atoms with van der Waals surface area (Å²) < 4.78 is 13.3. The maximum atomic E-state index is 13.3. The molecule has 3 nitrogen and oxygen atoms in total. The van der Waals surface area contributed by atoms with E-state index in [0.29, 0.717) is 34.3 Å². The number of nitrogens with zero attached hydrogens (tertiary/aromatic N) is 2. The second-order valence-corrected chi connectivity index (χ2v) is 4.19. The van der Waals surface area contributed by atoms with Crippen molar-refractivity contribution >= 4 is 17.4 Å². The van der Waals surface area contributed by atoms with Crippen LogP contribution in [0.4, 0.5) is 10.2 Å². The van der Waals surface area contributed by atoms with E-state index in [4.69, 9.17) is 11.6 Å². The van der Waals surface area contributed by atoms with E-state index in [1.165, 1.54) is 18.2 Å². The van der Waals surface area contributed by atoms with Gasteiger partial charge in [0.05, 0.1) is 10.7 Å². The fourth-order valence-corrected chi connectivity index (χ4v) is 1.83. The molecule has 0 aliphatic rings. The highest BCUT2D eigenvalue weighted by Gasteiger charge is 2.09. The standard InChI is InChI=1S/C13H13ClFN3/c1-3-12-17-11(7-13(16-2)18-12)9-6-8(15)4-5-10(9)14/h4-7H,3H2,1-2H3,(H,16,17,18). The molecular formula is C13H13ClFN3. The topological polar surface area (TPSA) is 37.8 Å². The first-order chi connectivity index (χ1) is 8.63. The van der Waals surface area contributed by atoms with Crippen molar-refractivity contribution in [2.75, 3.05) is 12.4 Å². The zero-order valence-electron chi connectivity index (χ0n) is 10.2. The molecule has 0 spiro atoms. The van der Waals surface area contributed by atoms with E-state index in [1.807, 2.05) is 6.92 Å². The Labute approximate surface area is 110 Å². The van der Waals surface area contributed by atoms with E-state index in [2.05, 4.69) is 15.3 Å². The van der Waals surface area contributed by atoms with Crippen LogP contribution in [0, 0.1) is 5.82 Å². The van der Waals surface area contributed by atoms with Crippen LogP contribution in [-0.2, 0) is 6.42 Å². The minimum Gasteiger partial charge on any atom is -0.373 e. The number of halogens is 2. The molecule has 0 saturated carbocycles. The first-order valence-electron chi connectivity index (χ1n) is 5.65. The van der Waals surface area contributed by atoms with Gasteiger partial charge in [0.25, 0.3) is 0 Å². The molecule has 0 radical (unpaired) electrons. The molecule has 18 heavy (non-hydrogen) atoms. The Morgan fingerprint density at radius 3 is 2.72 bits per heavy atom. The highest BCUT2D eigenvalue weighted by molar-refractivity contribution is 6.33. The summed E-state index contributed by atoms with van der Waals surface area (Å²) in [5.74, 6) is 1.05. The van der Waals surface area contributed by atoms with Gasteiger partial charge in [0.1, 0.15) is 17.5 Å². The average molecular weight is 266 g/mol. The number of anilines is 1. The van der Waals surface area contributed by atoms with Gasteiger partial charge in [-0.25, -0.2) is 14.4 Å². The van der Waals surface area contributed by atoms with Crippen molar-refractivity contribution in [1.29, 1.82) is 0 Å². The van der Waals surface area contributed by atoms with Crippen molar-refractivity contribution in [1.82, 2.24) is 9.97 Å². The molecule has 1 aromatic heterocycles. The van der Waals surface area contributed by atoms with Crippen LogP contribution >= 0.6 is 11.6 Å². The van der Waals surface area contributed by atoms with E-state index in [1.54, 1.807) is 13.1 Å². The molecule has 5 heteroatoms. The quantitative estimate of drug-likeness (QED) is 0.922. The van der Waals surface area contributed by atoms with Crippen molar-refractivity contribution in [3.63, 3.8) is 0 Å². The molecule has 0 aliphatic heterocycles. The van der Waals surface area contributed by atoms with Crippen LogP contribution in [0.15, 0.2) is 24.3 Å². The molecule has 2 rings (SSSR count). The van der Waals surface area contributed by atoms with Crippen molar-refractivity contribution in [2.45, 2.75) is 13.3 Å². The van der Waals surface area contributed by atoms with Crippen LogP contribution in [0.1, 0.15) is 12.7 Å². The van der Waals surface area contributed by atoms with Gasteiger partial charge in [0.15, 0.2) is 0 Å². The van der Waals surface area contributed by atoms with Gasteiger partial charge in [-0.2, -0.15) is 0 Å². The molecule has 0 aliphatic carbocycles. The minimum absolute atomic E-state index is 0.336. The Bertz CT molecular complexity index is 550. The van der Waals surface area contributed by atoms with Crippen LogP contribution in [-0.4, -0.2) is 17.0 Å². The highest BCUT2D eigenvalue weighted by Crippen LogP contribution is 2.28. The van der Waals surface area contributed by atoms with Gasteiger partial charge in [0.2, 0.25) is 0 Å². The summed E-state index contributed by atoms with van der Waals surface area (Å²) >= 11 is 6.07. The van der Waals surface area contributed by atoms with Gasteiger partial charge in [0, 0.05) is 25.1 Å². The summed E-state index contributed by atoms with van der Waals surface area (Å²) in [4.78, 5) is 8.66. The third-order valence-electron chi connectivity index (χ3n) is 2.55. The fraction of sp³-hybridized carbons (Fsp3) is 0.231. The van der Waals surface area contributed by atoms with E-state index < -0.39 is 0 Å². The van der Waals surface area contributed by atoms with Crippen LogP contribution in [0.5, 0.6) is 0 Å². The second-order valence-electron chi connectivity index (χ2n) is 3.78. The maximum absolute atomic E-state index is 13.3. The predicted octanol–water partition coefficient (Wildman–Crippen LogP) is 3.54. The largest absolute Gasteiger partial charge is 0.373 e. The fourth-order valence-electron chi connectivity index (χ4n) is 1.62. The number of hydrogen-bond acceptors (Lipinski definition) is 3. The van der Waals surface area contributed by atoms with Gasteiger partial charge in [-0.05, 0) is 18.2 Å². The van der Waals surface area contributed by atoms with Gasteiger partial charge >= 0.3 is 0 Å². The zero-order valence-corrected chi connectivity index (χ0v) is 10.9. The SMILES string of the molecule is CCc1nc(NC)cc(-c2cc(F)ccc2Cl)n1. The number of hydrogen-bond donors (Lipinski definition) is 1. The van der Waals surface area contributed by atoms with Gasteiger partial charge in [-0.3, -0.25) is 0 Å². The van der Waals surface area contributed by atoms with Crippen molar-refractivity contribution in [2.24, 2.45) is 0 Å². The van der Waals surface area contributed by atoms with Gasteiger partial charge < -0.3 is 5.32 Å². The molecule has 0 saturated heterocycles. The van der Waals surface area contributed by atoms with Crippen LogP contribution in [0.25, 0.3) is 11.3 Å². The van der Waals surface area contributed by atoms with Crippen molar-refractivity contribution < 1.29 is 4.39 Å². The van der Waals surface area contributed by atoms with Crippen molar-refractivity contribution in [3.8, 4) is 11.3 Å². The number of nitrogens with one attached hydrogen (secondary N) is 1.